The topological polar surface area (TPSA) is 94.9 Å². The van der Waals surface area contributed by atoms with Gasteiger partial charge in [-0.2, -0.15) is 0 Å². The van der Waals surface area contributed by atoms with Crippen molar-refractivity contribution >= 4 is 40.3 Å². The molecule has 1 fully saturated rings. The predicted molar refractivity (Wildman–Crippen MR) is 135 cm³/mol. The number of amides is 2. The molecule has 0 spiro atoms. The van der Waals surface area contributed by atoms with Gasteiger partial charge in [-0.1, -0.05) is 12.1 Å². The zero-order valence-electron chi connectivity index (χ0n) is 19.4. The Balaban J connectivity index is 1.25. The molecule has 0 atom stereocenters. The van der Waals surface area contributed by atoms with E-state index >= 15 is 0 Å². The van der Waals surface area contributed by atoms with E-state index in [2.05, 4.69) is 37.6 Å². The van der Waals surface area contributed by atoms with Crippen molar-refractivity contribution in [2.45, 2.75) is 13.3 Å². The Kier molecular flexibility index (Phi) is 5.09. The third kappa shape index (κ3) is 4.05. The summed E-state index contributed by atoms with van der Waals surface area (Å²) in [7, 11) is 0. The number of pyridine rings is 2. The van der Waals surface area contributed by atoms with E-state index < -0.39 is 0 Å². The molecule has 0 unspecified atom stereocenters. The first-order valence-corrected chi connectivity index (χ1v) is 11.7. The largest absolute Gasteiger partial charge is 0.367 e. The molecule has 9 heteroatoms. The Bertz CT molecular complexity index is 1440. The number of aromatic nitrogens is 3. The Morgan fingerprint density at radius 3 is 2.66 bits per heavy atom. The van der Waals surface area contributed by atoms with E-state index in [9.17, 15) is 9.59 Å². The fraction of sp³-hybridized carbons (Fsp3) is 0.231. The molecule has 2 aliphatic heterocycles. The monoisotopic (exact) mass is 467 g/mol. The van der Waals surface area contributed by atoms with Crippen LogP contribution in [0.3, 0.4) is 0 Å². The van der Waals surface area contributed by atoms with Gasteiger partial charge in [-0.25, -0.2) is 9.97 Å². The molecular formula is C26H25N7O2. The average molecular weight is 468 g/mol. The molecule has 4 aromatic rings. The first-order chi connectivity index (χ1) is 17.0. The number of fused-ring (bicyclic) bond motifs is 2. The molecule has 2 amide bonds. The van der Waals surface area contributed by atoms with Crippen LogP contribution >= 0.6 is 0 Å². The van der Waals surface area contributed by atoms with E-state index in [0.29, 0.717) is 6.42 Å². The van der Waals surface area contributed by atoms with E-state index in [-0.39, 0.29) is 11.8 Å². The van der Waals surface area contributed by atoms with Crippen molar-refractivity contribution in [1.82, 2.24) is 19.3 Å². The number of rotatable bonds is 4. The van der Waals surface area contributed by atoms with Gasteiger partial charge < -0.3 is 24.8 Å². The van der Waals surface area contributed by atoms with Gasteiger partial charge in [0.15, 0.2) is 5.65 Å². The summed E-state index contributed by atoms with van der Waals surface area (Å²) in [6, 6.07) is 12.1. The molecule has 9 nitrogen and oxygen atoms in total. The summed E-state index contributed by atoms with van der Waals surface area (Å²) in [6.45, 7) is 4.67. The van der Waals surface area contributed by atoms with E-state index in [1.54, 1.807) is 13.1 Å². The van der Waals surface area contributed by atoms with Crippen LogP contribution in [0.4, 0.5) is 22.9 Å². The van der Waals surface area contributed by atoms with Gasteiger partial charge in [0.2, 0.25) is 11.8 Å². The summed E-state index contributed by atoms with van der Waals surface area (Å²) >= 11 is 0. The average Bonchev–Trinajstić information content (AvgIpc) is 3.49. The first kappa shape index (κ1) is 21.2. The number of nitrogens with zero attached hydrogens (tertiary/aromatic N) is 5. The molecule has 6 rings (SSSR count). The maximum Gasteiger partial charge on any atom is 0.228 e. The van der Waals surface area contributed by atoms with Crippen molar-refractivity contribution < 1.29 is 9.59 Å². The minimum Gasteiger partial charge on any atom is -0.367 e. The van der Waals surface area contributed by atoms with Crippen molar-refractivity contribution in [2.24, 2.45) is 0 Å². The van der Waals surface area contributed by atoms with Gasteiger partial charge in [-0.3, -0.25) is 9.59 Å². The van der Waals surface area contributed by atoms with E-state index in [1.165, 1.54) is 0 Å². The standard InChI is InChI=1S/C26H25N7O2/c1-17(34)31-8-10-32(11-9-31)21-4-5-24(28-15-21)29-23-13-20(16-33-7-6-27-26(23)33)18-2-3-19-14-25(35)30-22(19)12-18/h2-7,12-13,15-16H,8-11,14H2,1H3,(H,28,29)(H,30,35). The highest BCUT2D eigenvalue weighted by Gasteiger charge is 2.20. The van der Waals surface area contributed by atoms with Gasteiger partial charge in [0.25, 0.3) is 0 Å². The zero-order valence-corrected chi connectivity index (χ0v) is 19.4. The lowest BCUT2D eigenvalue weighted by Crippen LogP contribution is -2.48. The Labute approximate surface area is 202 Å². The molecule has 3 aromatic heterocycles. The number of hydrogen-bond donors (Lipinski definition) is 2. The molecule has 35 heavy (non-hydrogen) atoms. The van der Waals surface area contributed by atoms with Gasteiger partial charge in [0, 0.05) is 62.9 Å². The third-order valence-electron chi connectivity index (χ3n) is 6.66. The molecule has 1 saturated heterocycles. The van der Waals surface area contributed by atoms with Crippen molar-refractivity contribution in [3.05, 3.63) is 66.7 Å². The summed E-state index contributed by atoms with van der Waals surface area (Å²) in [5.41, 5.74) is 6.59. The van der Waals surface area contributed by atoms with Crippen LogP contribution in [-0.4, -0.2) is 57.3 Å². The van der Waals surface area contributed by atoms with Crippen LogP contribution in [0.15, 0.2) is 61.2 Å². The van der Waals surface area contributed by atoms with E-state index in [1.807, 2.05) is 52.2 Å². The van der Waals surface area contributed by atoms with E-state index in [4.69, 9.17) is 0 Å². The SMILES string of the molecule is CC(=O)N1CCN(c2ccc(Nc3cc(-c4ccc5c(c4)NC(=O)C5)cn4ccnc34)nc2)CC1. The summed E-state index contributed by atoms with van der Waals surface area (Å²) < 4.78 is 1.98. The fourth-order valence-corrected chi connectivity index (χ4v) is 4.74. The summed E-state index contributed by atoms with van der Waals surface area (Å²) in [5.74, 6) is 0.874. The summed E-state index contributed by atoms with van der Waals surface area (Å²) in [5, 5.41) is 6.35. The Morgan fingerprint density at radius 2 is 1.89 bits per heavy atom. The molecule has 0 aliphatic carbocycles. The minimum atomic E-state index is 0.0276. The van der Waals surface area contributed by atoms with Crippen LogP contribution in [0, 0.1) is 0 Å². The lowest BCUT2D eigenvalue weighted by molar-refractivity contribution is -0.129. The number of carbonyl (C=O) groups is 2. The van der Waals surface area contributed by atoms with E-state index in [0.717, 1.165) is 71.4 Å². The molecular weight excluding hydrogens is 442 g/mol. The Hall–Kier alpha value is -4.40. The molecule has 1 aromatic carbocycles. The lowest BCUT2D eigenvalue weighted by Gasteiger charge is -2.35. The van der Waals surface area contributed by atoms with Crippen LogP contribution in [0.5, 0.6) is 0 Å². The van der Waals surface area contributed by atoms with Gasteiger partial charge in [0.05, 0.1) is 24.0 Å². The fourth-order valence-electron chi connectivity index (χ4n) is 4.74. The number of benzene rings is 1. The minimum absolute atomic E-state index is 0.0276. The van der Waals surface area contributed by atoms with Gasteiger partial charge in [0.1, 0.15) is 5.82 Å². The summed E-state index contributed by atoms with van der Waals surface area (Å²) in [6.07, 6.45) is 8.00. The number of nitrogens with one attached hydrogen (secondary N) is 2. The second-order valence-electron chi connectivity index (χ2n) is 8.92. The van der Waals surface area contributed by atoms with Crippen molar-refractivity contribution in [2.75, 3.05) is 41.7 Å². The molecule has 0 bridgehead atoms. The molecule has 176 valence electrons. The smallest absolute Gasteiger partial charge is 0.228 e. The zero-order chi connectivity index (χ0) is 23.9. The molecule has 2 N–H and O–H groups in total. The van der Waals surface area contributed by atoms with Gasteiger partial charge in [-0.15, -0.1) is 0 Å². The number of carbonyl (C=O) groups excluding carboxylic acids is 2. The van der Waals surface area contributed by atoms with Crippen molar-refractivity contribution in [3.63, 3.8) is 0 Å². The molecule has 0 radical (unpaired) electrons. The Morgan fingerprint density at radius 1 is 1.03 bits per heavy atom. The number of anilines is 4. The van der Waals surface area contributed by atoms with Crippen LogP contribution in [0.25, 0.3) is 16.8 Å². The normalized spacial score (nSPS) is 15.3. The second-order valence-corrected chi connectivity index (χ2v) is 8.92. The van der Waals surface area contributed by atoms with Crippen LogP contribution < -0.4 is 15.5 Å². The number of piperazine rings is 1. The number of imidazole rings is 1. The van der Waals surface area contributed by atoms with Gasteiger partial charge >= 0.3 is 0 Å². The number of hydrogen-bond acceptors (Lipinski definition) is 6. The highest BCUT2D eigenvalue weighted by molar-refractivity contribution is 6.00. The van der Waals surface area contributed by atoms with Gasteiger partial charge in [-0.05, 0) is 35.4 Å². The second kappa shape index (κ2) is 8.43. The van der Waals surface area contributed by atoms with Crippen LogP contribution in [-0.2, 0) is 16.0 Å². The first-order valence-electron chi connectivity index (χ1n) is 11.7. The maximum absolute atomic E-state index is 11.8. The highest BCUT2D eigenvalue weighted by Crippen LogP contribution is 2.32. The molecule has 5 heterocycles. The summed E-state index contributed by atoms with van der Waals surface area (Å²) in [4.78, 5) is 36.6. The lowest BCUT2D eigenvalue weighted by atomic mass is 10.0. The third-order valence-corrected chi connectivity index (χ3v) is 6.66. The van der Waals surface area contributed by atoms with Crippen LogP contribution in [0.1, 0.15) is 12.5 Å². The quantitative estimate of drug-likeness (QED) is 0.478. The maximum atomic E-state index is 11.8. The van der Waals surface area contributed by atoms with Crippen molar-refractivity contribution in [1.29, 1.82) is 0 Å². The predicted octanol–water partition coefficient (Wildman–Crippen LogP) is 3.30. The van der Waals surface area contributed by atoms with Crippen molar-refractivity contribution in [3.8, 4) is 11.1 Å². The molecule has 0 saturated carbocycles. The highest BCUT2D eigenvalue weighted by atomic mass is 16.2. The van der Waals surface area contributed by atoms with Crippen LogP contribution in [0.2, 0.25) is 0 Å². The molecule has 2 aliphatic rings.